The molecule has 2 aromatic carbocycles. The second kappa shape index (κ2) is 7.68. The molecule has 0 amide bonds. The molecule has 0 fully saturated rings. The molecule has 0 saturated heterocycles. The largest absolute Gasteiger partial charge is 0.361 e. The highest BCUT2D eigenvalue weighted by Gasteiger charge is 2.04. The van der Waals surface area contributed by atoms with Crippen LogP contribution < -0.4 is 10.6 Å². The van der Waals surface area contributed by atoms with Gasteiger partial charge in [-0.15, -0.1) is 0 Å². The summed E-state index contributed by atoms with van der Waals surface area (Å²) >= 11 is 0. The van der Waals surface area contributed by atoms with Crippen LogP contribution in [0.4, 0.5) is 0 Å². The minimum absolute atomic E-state index is 0.771. The van der Waals surface area contributed by atoms with Crippen molar-refractivity contribution in [2.45, 2.75) is 19.9 Å². The highest BCUT2D eigenvalue weighted by atomic mass is 15.2. The van der Waals surface area contributed by atoms with Gasteiger partial charge in [0.15, 0.2) is 5.96 Å². The van der Waals surface area contributed by atoms with Gasteiger partial charge in [-0.3, -0.25) is 4.99 Å². The van der Waals surface area contributed by atoms with Crippen LogP contribution in [0.3, 0.4) is 0 Å². The molecule has 0 radical (unpaired) electrons. The smallest absolute Gasteiger partial charge is 0.191 e. The molecule has 1 heterocycles. The van der Waals surface area contributed by atoms with Crippen molar-refractivity contribution in [2.24, 2.45) is 4.99 Å². The Labute approximate surface area is 143 Å². The van der Waals surface area contributed by atoms with Gasteiger partial charge in [-0.25, -0.2) is 0 Å². The van der Waals surface area contributed by atoms with Crippen molar-refractivity contribution >= 4 is 16.9 Å². The summed E-state index contributed by atoms with van der Waals surface area (Å²) in [6.07, 6.45) is 3.06. The van der Waals surface area contributed by atoms with Gasteiger partial charge in [0.25, 0.3) is 0 Å². The van der Waals surface area contributed by atoms with E-state index in [1.54, 1.807) is 7.05 Å². The van der Waals surface area contributed by atoms with Crippen LogP contribution in [0.25, 0.3) is 10.9 Å². The lowest BCUT2D eigenvalue weighted by molar-refractivity contribution is 0.796. The van der Waals surface area contributed by atoms with Crippen LogP contribution in [-0.2, 0) is 13.0 Å². The van der Waals surface area contributed by atoms with Crippen molar-refractivity contribution < 1.29 is 0 Å². The summed E-state index contributed by atoms with van der Waals surface area (Å²) in [5.41, 5.74) is 5.06. The Morgan fingerprint density at radius 3 is 2.71 bits per heavy atom. The van der Waals surface area contributed by atoms with Crippen LogP contribution in [0.2, 0.25) is 0 Å². The molecule has 0 spiro atoms. The number of nitrogens with zero attached hydrogens (tertiary/aromatic N) is 1. The second-order valence-electron chi connectivity index (χ2n) is 5.95. The first kappa shape index (κ1) is 16.1. The lowest BCUT2D eigenvalue weighted by Gasteiger charge is -2.11. The number of aromatic nitrogens is 1. The van der Waals surface area contributed by atoms with Gasteiger partial charge in [-0.1, -0.05) is 42.5 Å². The molecule has 0 atom stereocenters. The number of aryl methyl sites for hydroxylation is 1. The number of benzene rings is 2. The number of rotatable bonds is 5. The molecule has 0 saturated carbocycles. The number of aliphatic imine (C=N–C) groups is 1. The van der Waals surface area contributed by atoms with Crippen molar-refractivity contribution in [2.75, 3.05) is 13.6 Å². The fourth-order valence-electron chi connectivity index (χ4n) is 2.82. The van der Waals surface area contributed by atoms with E-state index in [1.807, 2.05) is 18.2 Å². The fraction of sp³-hybridized carbons (Fsp3) is 0.250. The molecular formula is C20H24N4. The molecule has 0 bridgehead atoms. The topological polar surface area (TPSA) is 52.2 Å². The van der Waals surface area contributed by atoms with Gasteiger partial charge >= 0.3 is 0 Å². The third-order valence-corrected chi connectivity index (χ3v) is 4.14. The van der Waals surface area contributed by atoms with Crippen LogP contribution in [0, 0.1) is 6.92 Å². The van der Waals surface area contributed by atoms with E-state index in [-0.39, 0.29) is 0 Å². The number of aromatic amines is 1. The Morgan fingerprint density at radius 2 is 1.92 bits per heavy atom. The maximum Gasteiger partial charge on any atom is 0.191 e. The number of guanidine groups is 1. The zero-order valence-electron chi connectivity index (χ0n) is 14.3. The molecule has 4 nitrogen and oxygen atoms in total. The number of hydrogen-bond acceptors (Lipinski definition) is 1. The Morgan fingerprint density at radius 1 is 1.08 bits per heavy atom. The summed E-state index contributed by atoms with van der Waals surface area (Å²) in [5, 5.41) is 8.02. The fourth-order valence-corrected chi connectivity index (χ4v) is 2.82. The third-order valence-electron chi connectivity index (χ3n) is 4.14. The summed E-state index contributed by atoms with van der Waals surface area (Å²) in [7, 11) is 1.80. The molecule has 3 N–H and O–H groups in total. The molecule has 124 valence electrons. The lowest BCUT2D eigenvalue weighted by Crippen LogP contribution is -2.37. The number of H-pyrrole nitrogens is 1. The standard InChI is InChI=1S/C20H24N4/c1-15-8-9-18-17(14-23-19(18)12-15)10-11-22-20(21-2)24-13-16-6-4-3-5-7-16/h3-9,12,14,23H,10-11,13H2,1-2H3,(H2,21,22,24). The van der Waals surface area contributed by atoms with Gasteiger partial charge < -0.3 is 15.6 Å². The van der Waals surface area contributed by atoms with E-state index in [1.165, 1.54) is 27.6 Å². The predicted octanol–water partition coefficient (Wildman–Crippen LogP) is 3.38. The van der Waals surface area contributed by atoms with Crippen molar-refractivity contribution in [3.8, 4) is 0 Å². The van der Waals surface area contributed by atoms with Crippen molar-refractivity contribution in [1.82, 2.24) is 15.6 Å². The number of hydrogen-bond donors (Lipinski definition) is 3. The molecule has 3 rings (SSSR count). The summed E-state index contributed by atoms with van der Waals surface area (Å²) < 4.78 is 0. The first-order valence-corrected chi connectivity index (χ1v) is 8.31. The van der Waals surface area contributed by atoms with Crippen molar-refractivity contribution in [3.63, 3.8) is 0 Å². The van der Waals surface area contributed by atoms with E-state index in [9.17, 15) is 0 Å². The summed E-state index contributed by atoms with van der Waals surface area (Å²) in [5.74, 6) is 0.828. The first-order chi connectivity index (χ1) is 11.8. The normalized spacial score (nSPS) is 11.7. The van der Waals surface area contributed by atoms with E-state index in [0.717, 1.165) is 25.5 Å². The van der Waals surface area contributed by atoms with E-state index < -0.39 is 0 Å². The zero-order valence-corrected chi connectivity index (χ0v) is 14.3. The Kier molecular flexibility index (Phi) is 5.16. The predicted molar refractivity (Wildman–Crippen MR) is 101 cm³/mol. The number of fused-ring (bicyclic) bond motifs is 1. The lowest BCUT2D eigenvalue weighted by atomic mass is 10.1. The second-order valence-corrected chi connectivity index (χ2v) is 5.95. The highest BCUT2D eigenvalue weighted by Crippen LogP contribution is 2.19. The quantitative estimate of drug-likeness (QED) is 0.498. The molecule has 1 aromatic heterocycles. The molecule has 24 heavy (non-hydrogen) atoms. The maximum atomic E-state index is 4.28. The molecule has 0 unspecified atom stereocenters. The van der Waals surface area contributed by atoms with Crippen LogP contribution in [-0.4, -0.2) is 24.5 Å². The molecule has 0 aliphatic rings. The molecular weight excluding hydrogens is 296 g/mol. The van der Waals surface area contributed by atoms with Crippen molar-refractivity contribution in [1.29, 1.82) is 0 Å². The van der Waals surface area contributed by atoms with Crippen LogP contribution in [0.5, 0.6) is 0 Å². The minimum atomic E-state index is 0.771. The maximum absolute atomic E-state index is 4.28. The molecule has 0 aliphatic carbocycles. The van der Waals surface area contributed by atoms with E-state index >= 15 is 0 Å². The van der Waals surface area contributed by atoms with Gasteiger partial charge in [0.05, 0.1) is 0 Å². The number of nitrogens with one attached hydrogen (secondary N) is 3. The van der Waals surface area contributed by atoms with E-state index in [0.29, 0.717) is 0 Å². The van der Waals surface area contributed by atoms with Crippen LogP contribution in [0.15, 0.2) is 59.7 Å². The van der Waals surface area contributed by atoms with Crippen LogP contribution >= 0.6 is 0 Å². The molecule has 3 aromatic rings. The SMILES string of the molecule is CN=C(NCCc1c[nH]c2cc(C)ccc12)NCc1ccccc1. The molecule has 4 heteroatoms. The van der Waals surface area contributed by atoms with Gasteiger partial charge in [-0.2, -0.15) is 0 Å². The monoisotopic (exact) mass is 320 g/mol. The highest BCUT2D eigenvalue weighted by molar-refractivity contribution is 5.84. The van der Waals surface area contributed by atoms with Gasteiger partial charge in [0, 0.05) is 37.2 Å². The minimum Gasteiger partial charge on any atom is -0.361 e. The Balaban J connectivity index is 1.52. The zero-order chi connectivity index (χ0) is 16.8. The van der Waals surface area contributed by atoms with Gasteiger partial charge in [0.2, 0.25) is 0 Å². The molecule has 0 aliphatic heterocycles. The van der Waals surface area contributed by atoms with Crippen molar-refractivity contribution in [3.05, 3.63) is 71.4 Å². The van der Waals surface area contributed by atoms with Gasteiger partial charge in [-0.05, 0) is 36.1 Å². The third kappa shape index (κ3) is 3.96. The average molecular weight is 320 g/mol. The van der Waals surface area contributed by atoms with E-state index in [4.69, 9.17) is 0 Å². The summed E-state index contributed by atoms with van der Waals surface area (Å²) in [6.45, 7) is 3.73. The Hall–Kier alpha value is -2.75. The summed E-state index contributed by atoms with van der Waals surface area (Å²) in [6, 6.07) is 16.9. The Bertz CT molecular complexity index is 818. The average Bonchev–Trinajstić information content (AvgIpc) is 3.01. The first-order valence-electron chi connectivity index (χ1n) is 8.31. The van der Waals surface area contributed by atoms with Crippen LogP contribution in [0.1, 0.15) is 16.7 Å². The van der Waals surface area contributed by atoms with Gasteiger partial charge in [0.1, 0.15) is 0 Å². The summed E-state index contributed by atoms with van der Waals surface area (Å²) in [4.78, 5) is 7.64. The van der Waals surface area contributed by atoms with E-state index in [2.05, 4.69) is 64.1 Å².